The molecule has 1 aromatic heterocycles. The first kappa shape index (κ1) is 15.0. The van der Waals surface area contributed by atoms with E-state index in [2.05, 4.69) is 40.3 Å². The molecule has 0 aliphatic carbocycles. The minimum absolute atomic E-state index is 0.0892. The Hall–Kier alpha value is -2.53. The highest BCUT2D eigenvalue weighted by molar-refractivity contribution is 5.83. The fourth-order valence-corrected chi connectivity index (χ4v) is 3.41. The summed E-state index contributed by atoms with van der Waals surface area (Å²) in [6.07, 6.45) is 2.61. The lowest BCUT2D eigenvalue weighted by molar-refractivity contribution is 0.129. The van der Waals surface area contributed by atoms with Crippen molar-refractivity contribution in [3.05, 3.63) is 66.2 Å². The number of nitrogens with zero attached hydrogens (tertiary/aromatic N) is 3. The van der Waals surface area contributed by atoms with Gasteiger partial charge in [0.1, 0.15) is 0 Å². The standard InChI is InChI=1S/C19H18FN3O/c20-16-10-21-19(22-11-16)23-8-7-17(18(24)12-23)15-6-5-13-3-1-2-4-14(13)9-15/h1-6,9-11,17-18,24H,7-8,12H2/t17-,18+/m0/s1. The van der Waals surface area contributed by atoms with E-state index < -0.39 is 11.9 Å². The number of hydrogen-bond donors (Lipinski definition) is 1. The van der Waals surface area contributed by atoms with E-state index in [-0.39, 0.29) is 5.92 Å². The Labute approximate surface area is 139 Å². The molecule has 122 valence electrons. The molecule has 0 unspecified atom stereocenters. The Morgan fingerprint density at radius 1 is 1.04 bits per heavy atom. The predicted molar refractivity (Wildman–Crippen MR) is 91.5 cm³/mol. The number of rotatable bonds is 2. The molecule has 1 aliphatic heterocycles. The summed E-state index contributed by atoms with van der Waals surface area (Å²) in [6.45, 7) is 1.18. The minimum atomic E-state index is -0.506. The van der Waals surface area contributed by atoms with Crippen LogP contribution in [0, 0.1) is 5.82 Å². The molecule has 0 spiro atoms. The zero-order chi connectivity index (χ0) is 16.5. The SMILES string of the molecule is O[C@@H]1CN(c2ncc(F)cn2)CC[C@H]1c1ccc2ccccc2c1. The molecule has 1 aliphatic rings. The first-order chi connectivity index (χ1) is 11.7. The molecule has 2 atom stereocenters. The monoisotopic (exact) mass is 323 g/mol. The predicted octanol–water partition coefficient (Wildman–Crippen LogP) is 3.12. The van der Waals surface area contributed by atoms with Gasteiger partial charge < -0.3 is 10.0 Å². The maximum absolute atomic E-state index is 12.9. The fraction of sp³-hybridized carbons (Fsp3) is 0.263. The molecule has 0 bridgehead atoms. The molecule has 0 saturated carbocycles. The number of anilines is 1. The highest BCUT2D eigenvalue weighted by atomic mass is 19.1. The molecular weight excluding hydrogens is 305 g/mol. The Bertz CT molecular complexity index is 853. The fourth-order valence-electron chi connectivity index (χ4n) is 3.41. The quantitative estimate of drug-likeness (QED) is 0.787. The smallest absolute Gasteiger partial charge is 0.225 e. The van der Waals surface area contributed by atoms with Crippen molar-refractivity contribution in [1.82, 2.24) is 9.97 Å². The van der Waals surface area contributed by atoms with E-state index in [4.69, 9.17) is 0 Å². The molecule has 4 nitrogen and oxygen atoms in total. The summed E-state index contributed by atoms with van der Waals surface area (Å²) in [5, 5.41) is 13.0. The van der Waals surface area contributed by atoms with Crippen molar-refractivity contribution in [2.24, 2.45) is 0 Å². The summed E-state index contributed by atoms with van der Waals surface area (Å²) in [7, 11) is 0. The number of hydrogen-bond acceptors (Lipinski definition) is 4. The molecular formula is C19H18FN3O. The van der Waals surface area contributed by atoms with Crippen molar-refractivity contribution < 1.29 is 9.50 Å². The van der Waals surface area contributed by atoms with Gasteiger partial charge in [0, 0.05) is 19.0 Å². The van der Waals surface area contributed by atoms with Crippen LogP contribution in [-0.4, -0.2) is 34.3 Å². The van der Waals surface area contributed by atoms with Gasteiger partial charge in [-0.15, -0.1) is 0 Å². The zero-order valence-electron chi connectivity index (χ0n) is 13.1. The molecule has 2 heterocycles. The van der Waals surface area contributed by atoms with Gasteiger partial charge in [-0.1, -0.05) is 42.5 Å². The summed E-state index contributed by atoms with van der Waals surface area (Å²) < 4.78 is 12.9. The molecule has 5 heteroatoms. The summed E-state index contributed by atoms with van der Waals surface area (Å²) >= 11 is 0. The van der Waals surface area contributed by atoms with Crippen LogP contribution in [0.3, 0.4) is 0 Å². The van der Waals surface area contributed by atoms with E-state index in [1.807, 2.05) is 17.0 Å². The highest BCUT2D eigenvalue weighted by Crippen LogP contribution is 2.31. The first-order valence-corrected chi connectivity index (χ1v) is 8.10. The Morgan fingerprint density at radius 3 is 2.54 bits per heavy atom. The van der Waals surface area contributed by atoms with E-state index >= 15 is 0 Å². The number of aliphatic hydroxyl groups excluding tert-OH is 1. The molecule has 24 heavy (non-hydrogen) atoms. The lowest BCUT2D eigenvalue weighted by Crippen LogP contribution is -2.43. The van der Waals surface area contributed by atoms with Gasteiger partial charge in [-0.3, -0.25) is 0 Å². The van der Waals surface area contributed by atoms with Crippen molar-refractivity contribution in [2.45, 2.75) is 18.4 Å². The van der Waals surface area contributed by atoms with Gasteiger partial charge in [0.2, 0.25) is 5.95 Å². The number of β-amino-alcohol motifs (C(OH)–C–C–N with tert-alkyl or cyclic N) is 1. The maximum atomic E-state index is 12.9. The Kier molecular flexibility index (Phi) is 3.86. The van der Waals surface area contributed by atoms with E-state index in [9.17, 15) is 9.50 Å². The van der Waals surface area contributed by atoms with E-state index in [1.165, 1.54) is 10.8 Å². The van der Waals surface area contributed by atoms with Crippen LogP contribution in [0.2, 0.25) is 0 Å². The van der Waals surface area contributed by atoms with Gasteiger partial charge in [0.05, 0.1) is 18.5 Å². The molecule has 0 amide bonds. The van der Waals surface area contributed by atoms with Crippen LogP contribution in [0.15, 0.2) is 54.9 Å². The van der Waals surface area contributed by atoms with Crippen LogP contribution in [0.1, 0.15) is 17.9 Å². The van der Waals surface area contributed by atoms with Crippen LogP contribution >= 0.6 is 0 Å². The zero-order valence-corrected chi connectivity index (χ0v) is 13.1. The van der Waals surface area contributed by atoms with Gasteiger partial charge in [-0.2, -0.15) is 0 Å². The minimum Gasteiger partial charge on any atom is -0.391 e. The average Bonchev–Trinajstić information content (AvgIpc) is 2.62. The summed E-state index contributed by atoms with van der Waals surface area (Å²) in [5.74, 6) is 0.101. The lowest BCUT2D eigenvalue weighted by atomic mass is 9.86. The number of halogens is 1. The van der Waals surface area contributed by atoms with Crippen molar-refractivity contribution in [2.75, 3.05) is 18.0 Å². The topological polar surface area (TPSA) is 49.2 Å². The Balaban J connectivity index is 1.54. The van der Waals surface area contributed by atoms with Crippen LogP contribution in [0.5, 0.6) is 0 Å². The van der Waals surface area contributed by atoms with Crippen LogP contribution in [0.25, 0.3) is 10.8 Å². The number of benzene rings is 2. The second-order valence-corrected chi connectivity index (χ2v) is 6.22. The molecule has 1 N–H and O–H groups in total. The van der Waals surface area contributed by atoms with E-state index in [0.717, 1.165) is 30.9 Å². The van der Waals surface area contributed by atoms with Crippen molar-refractivity contribution in [1.29, 1.82) is 0 Å². The molecule has 1 fully saturated rings. The van der Waals surface area contributed by atoms with E-state index in [1.54, 1.807) is 0 Å². The van der Waals surface area contributed by atoms with Crippen LogP contribution in [0.4, 0.5) is 10.3 Å². The Morgan fingerprint density at radius 2 is 1.79 bits per heavy atom. The van der Waals surface area contributed by atoms with Gasteiger partial charge in [-0.05, 0) is 22.8 Å². The molecule has 4 rings (SSSR count). The second kappa shape index (κ2) is 6.17. The summed E-state index contributed by atoms with van der Waals surface area (Å²) in [6, 6.07) is 14.6. The summed E-state index contributed by atoms with van der Waals surface area (Å²) in [4.78, 5) is 9.91. The van der Waals surface area contributed by atoms with Gasteiger partial charge in [0.15, 0.2) is 5.82 Å². The van der Waals surface area contributed by atoms with Crippen LogP contribution in [-0.2, 0) is 0 Å². The van der Waals surface area contributed by atoms with Crippen molar-refractivity contribution >= 4 is 16.7 Å². The highest BCUT2D eigenvalue weighted by Gasteiger charge is 2.30. The number of fused-ring (bicyclic) bond motifs is 1. The average molecular weight is 323 g/mol. The number of aromatic nitrogens is 2. The third kappa shape index (κ3) is 2.83. The third-order valence-corrected chi connectivity index (χ3v) is 4.67. The van der Waals surface area contributed by atoms with Crippen molar-refractivity contribution in [3.63, 3.8) is 0 Å². The molecule has 0 radical (unpaired) electrons. The normalized spacial score (nSPS) is 21.2. The lowest BCUT2D eigenvalue weighted by Gasteiger charge is -2.36. The molecule has 1 saturated heterocycles. The summed E-state index contributed by atoms with van der Waals surface area (Å²) in [5.41, 5.74) is 1.15. The molecule has 2 aromatic carbocycles. The van der Waals surface area contributed by atoms with Gasteiger partial charge in [-0.25, -0.2) is 14.4 Å². The van der Waals surface area contributed by atoms with Crippen LogP contribution < -0.4 is 4.90 Å². The van der Waals surface area contributed by atoms with Gasteiger partial charge >= 0.3 is 0 Å². The maximum Gasteiger partial charge on any atom is 0.225 e. The van der Waals surface area contributed by atoms with Gasteiger partial charge in [0.25, 0.3) is 0 Å². The molecule has 3 aromatic rings. The van der Waals surface area contributed by atoms with Crippen molar-refractivity contribution in [3.8, 4) is 0 Å². The first-order valence-electron chi connectivity index (χ1n) is 8.10. The largest absolute Gasteiger partial charge is 0.391 e. The van der Waals surface area contributed by atoms with E-state index in [0.29, 0.717) is 12.5 Å². The second-order valence-electron chi connectivity index (χ2n) is 6.22. The third-order valence-electron chi connectivity index (χ3n) is 4.67. The number of aliphatic hydroxyl groups is 1. The number of piperidine rings is 1.